The van der Waals surface area contributed by atoms with Crippen molar-refractivity contribution in [3.05, 3.63) is 35.4 Å². The second kappa shape index (κ2) is 4.84. The van der Waals surface area contributed by atoms with E-state index in [1.54, 1.807) is 7.11 Å². The van der Waals surface area contributed by atoms with Gasteiger partial charge in [0, 0.05) is 5.56 Å². The number of methoxy groups -OCH3 is 1. The quantitative estimate of drug-likeness (QED) is 0.731. The third-order valence-corrected chi connectivity index (χ3v) is 2.73. The molecule has 0 unspecified atom stereocenters. The van der Waals surface area contributed by atoms with E-state index in [1.165, 1.54) is 5.56 Å². The number of benzene rings is 1. The van der Waals surface area contributed by atoms with Gasteiger partial charge in [-0.25, -0.2) is 0 Å². The minimum Gasteiger partial charge on any atom is -0.496 e. The van der Waals surface area contributed by atoms with Crippen LogP contribution in [-0.4, -0.2) is 13.6 Å². The summed E-state index contributed by atoms with van der Waals surface area (Å²) < 4.78 is 10.2. The minimum atomic E-state index is 0.439. The molecule has 3 nitrogen and oxygen atoms in total. The van der Waals surface area contributed by atoms with Gasteiger partial charge >= 0.3 is 0 Å². The van der Waals surface area contributed by atoms with E-state index in [4.69, 9.17) is 9.47 Å². The second-order valence-corrected chi connectivity index (χ2v) is 3.70. The first-order chi connectivity index (χ1) is 7.85. The molecule has 1 aliphatic carbocycles. The molecule has 3 heteroatoms. The Kier molecular flexibility index (Phi) is 3.25. The van der Waals surface area contributed by atoms with Crippen molar-refractivity contribution in [2.75, 3.05) is 7.11 Å². The zero-order valence-corrected chi connectivity index (χ0v) is 9.23. The lowest BCUT2D eigenvalue weighted by Crippen LogP contribution is -1.96. The molecular formula is C13H14O3. The van der Waals surface area contributed by atoms with Crippen molar-refractivity contribution in [1.29, 1.82) is 0 Å². The van der Waals surface area contributed by atoms with Crippen LogP contribution in [0.5, 0.6) is 5.75 Å². The lowest BCUT2D eigenvalue weighted by Gasteiger charge is -2.10. The van der Waals surface area contributed by atoms with Crippen LogP contribution in [-0.2, 0) is 16.0 Å². The molecule has 0 atom stereocenters. The highest BCUT2D eigenvalue weighted by Gasteiger charge is 2.12. The SMILES string of the molecule is COC1=CCCCc2ccc(OC=O)cc21. The van der Waals surface area contributed by atoms with Crippen LogP contribution in [0.15, 0.2) is 24.3 Å². The number of hydrogen-bond donors (Lipinski definition) is 0. The van der Waals surface area contributed by atoms with E-state index >= 15 is 0 Å². The molecule has 0 aliphatic heterocycles. The number of ether oxygens (including phenoxy) is 2. The molecule has 2 rings (SSSR count). The van der Waals surface area contributed by atoms with Gasteiger partial charge in [-0.2, -0.15) is 0 Å². The third kappa shape index (κ3) is 2.08. The molecule has 1 aromatic rings. The highest BCUT2D eigenvalue weighted by atomic mass is 16.5. The molecule has 0 saturated carbocycles. The van der Waals surface area contributed by atoms with Crippen LogP contribution in [0.1, 0.15) is 24.0 Å². The van der Waals surface area contributed by atoms with Crippen molar-refractivity contribution in [3.8, 4) is 5.75 Å². The van der Waals surface area contributed by atoms with Crippen molar-refractivity contribution < 1.29 is 14.3 Å². The summed E-state index contributed by atoms with van der Waals surface area (Å²) in [7, 11) is 1.66. The van der Waals surface area contributed by atoms with Gasteiger partial charge in [0.25, 0.3) is 6.47 Å². The van der Waals surface area contributed by atoms with Crippen molar-refractivity contribution >= 4 is 12.2 Å². The Labute approximate surface area is 94.7 Å². The summed E-state index contributed by atoms with van der Waals surface area (Å²) in [6, 6.07) is 5.66. The average Bonchev–Trinajstić information content (AvgIpc) is 2.51. The summed E-state index contributed by atoms with van der Waals surface area (Å²) in [6.45, 7) is 0.439. The van der Waals surface area contributed by atoms with Crippen molar-refractivity contribution in [1.82, 2.24) is 0 Å². The molecule has 0 heterocycles. The van der Waals surface area contributed by atoms with E-state index in [0.717, 1.165) is 30.6 Å². The van der Waals surface area contributed by atoms with Gasteiger partial charge in [-0.1, -0.05) is 6.07 Å². The van der Waals surface area contributed by atoms with E-state index in [2.05, 4.69) is 6.08 Å². The molecule has 1 aliphatic rings. The predicted octanol–water partition coefficient (Wildman–Crippen LogP) is 2.55. The zero-order chi connectivity index (χ0) is 11.4. The van der Waals surface area contributed by atoms with Gasteiger partial charge in [0.1, 0.15) is 11.5 Å². The molecule has 0 amide bonds. The fourth-order valence-electron chi connectivity index (χ4n) is 1.96. The summed E-state index contributed by atoms with van der Waals surface area (Å²) in [5.74, 6) is 1.42. The topological polar surface area (TPSA) is 35.5 Å². The highest BCUT2D eigenvalue weighted by Crippen LogP contribution is 2.29. The van der Waals surface area contributed by atoms with Crippen LogP contribution >= 0.6 is 0 Å². The maximum atomic E-state index is 10.3. The van der Waals surface area contributed by atoms with E-state index in [-0.39, 0.29) is 0 Å². The monoisotopic (exact) mass is 218 g/mol. The Balaban J connectivity index is 2.43. The van der Waals surface area contributed by atoms with E-state index in [0.29, 0.717) is 12.2 Å². The predicted molar refractivity (Wildman–Crippen MR) is 61.1 cm³/mol. The van der Waals surface area contributed by atoms with Gasteiger partial charge in [0.05, 0.1) is 7.11 Å². The molecule has 0 bridgehead atoms. The van der Waals surface area contributed by atoms with Crippen LogP contribution in [0.3, 0.4) is 0 Å². The highest BCUT2D eigenvalue weighted by molar-refractivity contribution is 5.66. The average molecular weight is 218 g/mol. The van der Waals surface area contributed by atoms with Gasteiger partial charge in [0.15, 0.2) is 0 Å². The lowest BCUT2D eigenvalue weighted by molar-refractivity contribution is -0.120. The van der Waals surface area contributed by atoms with Gasteiger partial charge in [-0.15, -0.1) is 0 Å². The smallest absolute Gasteiger partial charge is 0.298 e. The number of carbonyl (C=O) groups excluding carboxylic acids is 1. The van der Waals surface area contributed by atoms with Crippen LogP contribution < -0.4 is 4.74 Å². The van der Waals surface area contributed by atoms with Crippen molar-refractivity contribution in [2.24, 2.45) is 0 Å². The molecular weight excluding hydrogens is 204 g/mol. The van der Waals surface area contributed by atoms with E-state index in [9.17, 15) is 4.79 Å². The maximum Gasteiger partial charge on any atom is 0.298 e. The Morgan fingerprint density at radius 3 is 3.00 bits per heavy atom. The first-order valence-electron chi connectivity index (χ1n) is 5.33. The molecule has 84 valence electrons. The first kappa shape index (κ1) is 10.7. The van der Waals surface area contributed by atoms with E-state index in [1.807, 2.05) is 18.2 Å². The Bertz CT molecular complexity index is 421. The van der Waals surface area contributed by atoms with Crippen molar-refractivity contribution in [2.45, 2.75) is 19.3 Å². The van der Waals surface area contributed by atoms with Crippen LogP contribution in [0.2, 0.25) is 0 Å². The number of carbonyl (C=O) groups is 1. The van der Waals surface area contributed by atoms with Gasteiger partial charge in [0.2, 0.25) is 0 Å². The number of hydrogen-bond acceptors (Lipinski definition) is 3. The number of fused-ring (bicyclic) bond motifs is 1. The minimum absolute atomic E-state index is 0.439. The number of rotatable bonds is 3. The molecule has 16 heavy (non-hydrogen) atoms. The summed E-state index contributed by atoms with van der Waals surface area (Å²) >= 11 is 0. The largest absolute Gasteiger partial charge is 0.496 e. The van der Waals surface area contributed by atoms with Crippen LogP contribution in [0.25, 0.3) is 5.76 Å². The van der Waals surface area contributed by atoms with Gasteiger partial charge in [-0.05, 0) is 43.0 Å². The molecule has 0 aromatic heterocycles. The standard InChI is InChI=1S/C13H14O3/c1-15-13-5-3-2-4-10-6-7-11(16-9-14)8-12(10)13/h5-9H,2-4H2,1H3. The number of allylic oxidation sites excluding steroid dienone is 1. The fourth-order valence-corrected chi connectivity index (χ4v) is 1.96. The third-order valence-electron chi connectivity index (χ3n) is 2.73. The van der Waals surface area contributed by atoms with Crippen LogP contribution in [0.4, 0.5) is 0 Å². The van der Waals surface area contributed by atoms with Crippen molar-refractivity contribution in [3.63, 3.8) is 0 Å². The maximum absolute atomic E-state index is 10.3. The Hall–Kier alpha value is -1.77. The second-order valence-electron chi connectivity index (χ2n) is 3.70. The Morgan fingerprint density at radius 1 is 1.38 bits per heavy atom. The normalized spacial score (nSPS) is 14.4. The van der Waals surface area contributed by atoms with Gasteiger partial charge in [-0.3, -0.25) is 4.79 Å². The van der Waals surface area contributed by atoms with Crippen LogP contribution in [0, 0.1) is 0 Å². The molecule has 0 radical (unpaired) electrons. The Morgan fingerprint density at radius 2 is 2.25 bits per heavy atom. The molecule has 1 aromatic carbocycles. The lowest BCUT2D eigenvalue weighted by atomic mass is 10.0. The molecule has 0 N–H and O–H groups in total. The number of aryl methyl sites for hydroxylation is 1. The first-order valence-corrected chi connectivity index (χ1v) is 5.33. The molecule has 0 saturated heterocycles. The summed E-state index contributed by atoms with van der Waals surface area (Å²) in [5.41, 5.74) is 2.27. The molecule has 0 fully saturated rings. The summed E-state index contributed by atoms with van der Waals surface area (Å²) in [6.07, 6.45) is 5.24. The zero-order valence-electron chi connectivity index (χ0n) is 9.23. The fraction of sp³-hybridized carbons (Fsp3) is 0.308. The summed E-state index contributed by atoms with van der Waals surface area (Å²) in [4.78, 5) is 10.3. The molecule has 0 spiro atoms. The van der Waals surface area contributed by atoms with E-state index < -0.39 is 0 Å². The van der Waals surface area contributed by atoms with Gasteiger partial charge < -0.3 is 9.47 Å². The summed E-state index contributed by atoms with van der Waals surface area (Å²) in [5, 5.41) is 0.